The molecular formula is C20H30N2O3. The van der Waals surface area contributed by atoms with Crippen LogP contribution in [0.4, 0.5) is 0 Å². The van der Waals surface area contributed by atoms with E-state index in [4.69, 9.17) is 0 Å². The van der Waals surface area contributed by atoms with E-state index in [0.717, 1.165) is 18.4 Å². The Morgan fingerprint density at radius 3 is 2.32 bits per heavy atom. The molecule has 1 saturated carbocycles. The first-order chi connectivity index (χ1) is 12.1. The van der Waals surface area contributed by atoms with Gasteiger partial charge in [0.2, 0.25) is 11.8 Å². The normalized spacial score (nSPS) is 16.7. The molecule has 0 heterocycles. The van der Waals surface area contributed by atoms with Crippen LogP contribution in [0, 0.1) is 0 Å². The lowest BCUT2D eigenvalue weighted by atomic mass is 10.1. The summed E-state index contributed by atoms with van der Waals surface area (Å²) in [6, 6.07) is 9.94. The van der Waals surface area contributed by atoms with Crippen molar-refractivity contribution in [1.82, 2.24) is 10.6 Å². The molecule has 2 rings (SSSR count). The average Bonchev–Trinajstić information content (AvgIpc) is 2.88. The van der Waals surface area contributed by atoms with E-state index in [0.29, 0.717) is 6.42 Å². The van der Waals surface area contributed by atoms with Crippen LogP contribution >= 0.6 is 0 Å². The summed E-state index contributed by atoms with van der Waals surface area (Å²) in [5.74, 6) is -0.241. The van der Waals surface area contributed by atoms with Gasteiger partial charge in [0.15, 0.2) is 0 Å². The molecule has 1 aliphatic rings. The summed E-state index contributed by atoms with van der Waals surface area (Å²) in [6.45, 7) is 0.206. The minimum Gasteiger partial charge on any atom is -0.391 e. The summed E-state index contributed by atoms with van der Waals surface area (Å²) in [6.07, 6.45) is 7.19. The van der Waals surface area contributed by atoms with Crippen LogP contribution in [-0.4, -0.2) is 35.6 Å². The van der Waals surface area contributed by atoms with Crippen molar-refractivity contribution in [2.75, 3.05) is 6.54 Å². The molecule has 0 aliphatic heterocycles. The van der Waals surface area contributed by atoms with Crippen LogP contribution in [-0.2, 0) is 16.0 Å². The van der Waals surface area contributed by atoms with Crippen molar-refractivity contribution in [3.8, 4) is 0 Å². The van der Waals surface area contributed by atoms with Gasteiger partial charge in [0.25, 0.3) is 0 Å². The highest BCUT2D eigenvalue weighted by molar-refractivity contribution is 5.83. The molecule has 1 aromatic rings. The number of nitrogens with one attached hydrogen (secondary N) is 2. The molecule has 0 radical (unpaired) electrons. The summed E-state index contributed by atoms with van der Waals surface area (Å²) in [4.78, 5) is 23.8. The number of hydrogen-bond acceptors (Lipinski definition) is 3. The number of amides is 2. The fourth-order valence-electron chi connectivity index (χ4n) is 3.23. The summed E-state index contributed by atoms with van der Waals surface area (Å²) < 4.78 is 0. The van der Waals surface area contributed by atoms with Crippen molar-refractivity contribution < 1.29 is 14.7 Å². The van der Waals surface area contributed by atoms with Gasteiger partial charge in [0, 0.05) is 31.8 Å². The highest BCUT2D eigenvalue weighted by Gasteiger charge is 2.15. The SMILES string of the molecule is O=C(CCC(=O)NC1CCCCCC1)NC[C@H](O)Cc1ccccc1. The molecule has 5 nitrogen and oxygen atoms in total. The molecule has 1 aliphatic carbocycles. The maximum atomic E-state index is 12.0. The Morgan fingerprint density at radius 2 is 1.64 bits per heavy atom. The Kier molecular flexibility index (Phi) is 8.46. The summed E-state index contributed by atoms with van der Waals surface area (Å²) in [5.41, 5.74) is 1.03. The van der Waals surface area contributed by atoms with Crippen LogP contribution in [0.1, 0.15) is 56.9 Å². The maximum absolute atomic E-state index is 12.0. The molecule has 0 unspecified atom stereocenters. The van der Waals surface area contributed by atoms with Gasteiger partial charge in [-0.15, -0.1) is 0 Å². The molecule has 5 heteroatoms. The second kappa shape index (κ2) is 10.9. The molecule has 0 saturated heterocycles. The number of carbonyl (C=O) groups is 2. The van der Waals surface area contributed by atoms with E-state index in [1.54, 1.807) is 0 Å². The van der Waals surface area contributed by atoms with Crippen LogP contribution in [0.25, 0.3) is 0 Å². The molecule has 1 aromatic carbocycles. The minimum atomic E-state index is -0.619. The predicted molar refractivity (Wildman–Crippen MR) is 98.0 cm³/mol. The first-order valence-corrected chi connectivity index (χ1v) is 9.41. The average molecular weight is 346 g/mol. The number of aliphatic hydroxyl groups is 1. The number of rotatable bonds is 8. The molecular weight excluding hydrogens is 316 g/mol. The third-order valence-corrected chi connectivity index (χ3v) is 4.65. The molecule has 1 fully saturated rings. The molecule has 3 N–H and O–H groups in total. The fourth-order valence-corrected chi connectivity index (χ4v) is 3.23. The van der Waals surface area contributed by atoms with Crippen LogP contribution < -0.4 is 10.6 Å². The summed E-state index contributed by atoms with van der Waals surface area (Å²) in [7, 11) is 0. The van der Waals surface area contributed by atoms with Gasteiger partial charge in [-0.25, -0.2) is 0 Å². The molecule has 0 aromatic heterocycles. The lowest BCUT2D eigenvalue weighted by Crippen LogP contribution is -2.36. The molecule has 25 heavy (non-hydrogen) atoms. The standard InChI is InChI=1S/C20H30N2O3/c23-18(14-16-8-4-3-5-9-16)15-21-19(24)12-13-20(25)22-17-10-6-1-2-7-11-17/h3-5,8-9,17-18,23H,1-2,6-7,10-15H2,(H,21,24)(H,22,25)/t18-/m1/s1. The summed E-state index contributed by atoms with van der Waals surface area (Å²) >= 11 is 0. The zero-order valence-corrected chi connectivity index (χ0v) is 14.9. The highest BCUT2D eigenvalue weighted by Crippen LogP contribution is 2.17. The van der Waals surface area contributed by atoms with Crippen molar-refractivity contribution in [3.63, 3.8) is 0 Å². The third-order valence-electron chi connectivity index (χ3n) is 4.65. The quantitative estimate of drug-likeness (QED) is 0.632. The van der Waals surface area contributed by atoms with E-state index < -0.39 is 6.10 Å². The van der Waals surface area contributed by atoms with Crippen LogP contribution in [0.5, 0.6) is 0 Å². The van der Waals surface area contributed by atoms with E-state index in [9.17, 15) is 14.7 Å². The smallest absolute Gasteiger partial charge is 0.220 e. The van der Waals surface area contributed by atoms with Crippen LogP contribution in [0.3, 0.4) is 0 Å². The van der Waals surface area contributed by atoms with Crippen molar-refractivity contribution >= 4 is 11.8 Å². The molecule has 2 amide bonds. The van der Waals surface area contributed by atoms with Gasteiger partial charge in [0.1, 0.15) is 0 Å². The highest BCUT2D eigenvalue weighted by atomic mass is 16.3. The van der Waals surface area contributed by atoms with E-state index >= 15 is 0 Å². The molecule has 1 atom stereocenters. The Balaban J connectivity index is 1.59. The van der Waals surface area contributed by atoms with Gasteiger partial charge in [-0.2, -0.15) is 0 Å². The van der Waals surface area contributed by atoms with E-state index in [-0.39, 0.29) is 37.2 Å². The Morgan fingerprint density at radius 1 is 1.00 bits per heavy atom. The topological polar surface area (TPSA) is 78.4 Å². The first-order valence-electron chi connectivity index (χ1n) is 9.41. The number of hydrogen-bond donors (Lipinski definition) is 3. The van der Waals surface area contributed by atoms with Gasteiger partial charge < -0.3 is 15.7 Å². The Labute approximate surface area is 150 Å². The monoisotopic (exact) mass is 346 g/mol. The fraction of sp³-hybridized carbons (Fsp3) is 0.600. The number of aliphatic hydroxyl groups excluding tert-OH is 1. The van der Waals surface area contributed by atoms with Gasteiger partial charge in [-0.1, -0.05) is 56.0 Å². The van der Waals surface area contributed by atoms with Gasteiger partial charge >= 0.3 is 0 Å². The minimum absolute atomic E-state index is 0.0492. The van der Waals surface area contributed by atoms with E-state index in [2.05, 4.69) is 10.6 Å². The van der Waals surface area contributed by atoms with Crippen molar-refractivity contribution in [2.24, 2.45) is 0 Å². The molecule has 0 spiro atoms. The second-order valence-electron chi connectivity index (χ2n) is 6.90. The van der Waals surface area contributed by atoms with Crippen LogP contribution in [0.15, 0.2) is 30.3 Å². The molecule has 0 bridgehead atoms. The number of carbonyl (C=O) groups excluding carboxylic acids is 2. The van der Waals surface area contributed by atoms with Crippen LogP contribution in [0.2, 0.25) is 0 Å². The van der Waals surface area contributed by atoms with Gasteiger partial charge in [-0.05, 0) is 18.4 Å². The zero-order valence-electron chi connectivity index (χ0n) is 14.9. The van der Waals surface area contributed by atoms with Gasteiger partial charge in [-0.3, -0.25) is 9.59 Å². The molecule has 138 valence electrons. The largest absolute Gasteiger partial charge is 0.391 e. The zero-order chi connectivity index (χ0) is 17.9. The Bertz CT molecular complexity index is 525. The first kappa shape index (κ1) is 19.4. The summed E-state index contributed by atoms with van der Waals surface area (Å²) in [5, 5.41) is 15.7. The van der Waals surface area contributed by atoms with E-state index in [1.165, 1.54) is 25.7 Å². The maximum Gasteiger partial charge on any atom is 0.220 e. The third kappa shape index (κ3) is 8.16. The lowest BCUT2D eigenvalue weighted by Gasteiger charge is -2.16. The predicted octanol–water partition coefficient (Wildman–Crippen LogP) is 2.33. The Hall–Kier alpha value is -1.88. The van der Waals surface area contributed by atoms with Gasteiger partial charge in [0.05, 0.1) is 6.10 Å². The second-order valence-corrected chi connectivity index (χ2v) is 6.90. The number of benzene rings is 1. The van der Waals surface area contributed by atoms with E-state index in [1.807, 2.05) is 30.3 Å². The van der Waals surface area contributed by atoms with Crippen molar-refractivity contribution in [3.05, 3.63) is 35.9 Å². The van der Waals surface area contributed by atoms with Crippen molar-refractivity contribution in [2.45, 2.75) is 69.9 Å². The lowest BCUT2D eigenvalue weighted by molar-refractivity contribution is -0.127. The van der Waals surface area contributed by atoms with Crippen molar-refractivity contribution in [1.29, 1.82) is 0 Å².